The van der Waals surface area contributed by atoms with E-state index in [-0.39, 0.29) is 23.3 Å². The maximum absolute atomic E-state index is 12.4. The fraction of sp³-hybridized carbons (Fsp3) is 0.370. The van der Waals surface area contributed by atoms with Gasteiger partial charge in [0.05, 0.1) is 6.54 Å². The summed E-state index contributed by atoms with van der Waals surface area (Å²) in [4.78, 5) is 20.0. The van der Waals surface area contributed by atoms with E-state index in [4.69, 9.17) is 14.4 Å². The van der Waals surface area contributed by atoms with Crippen LogP contribution in [0.1, 0.15) is 31.2 Å². The molecule has 3 heterocycles. The monoisotopic (exact) mass is 611 g/mol. The van der Waals surface area contributed by atoms with E-state index in [0.29, 0.717) is 17.9 Å². The lowest BCUT2D eigenvalue weighted by Gasteiger charge is -2.32. The van der Waals surface area contributed by atoms with Crippen LogP contribution in [0.25, 0.3) is 23.1 Å². The van der Waals surface area contributed by atoms with Gasteiger partial charge in [0.1, 0.15) is 17.5 Å². The second-order valence-corrected chi connectivity index (χ2v) is 9.76. The lowest BCUT2D eigenvalue weighted by Crippen LogP contribution is -2.37. The molecule has 5 rings (SSSR count). The molecule has 16 heteroatoms. The van der Waals surface area contributed by atoms with Gasteiger partial charge in [0.2, 0.25) is 11.6 Å². The van der Waals surface area contributed by atoms with Gasteiger partial charge in [0.15, 0.2) is 0 Å². The SMILES string of the molecule is Cc1nc(-c2nc(-c3ccc(OC(F)(F)F)cc3)no2)nn1Cc1cccc(N2CCC(C)CC2)c1.O=C([O-])C(F)(F)F. The third-order valence-electron chi connectivity index (χ3n) is 6.44. The van der Waals surface area contributed by atoms with Crippen LogP contribution in [-0.2, 0) is 11.3 Å². The number of carboxylic acid groups (broad SMARTS) is 1. The summed E-state index contributed by atoms with van der Waals surface area (Å²) >= 11 is 0. The Balaban J connectivity index is 0.000000541. The topological polar surface area (TPSA) is 122 Å². The van der Waals surface area contributed by atoms with E-state index >= 15 is 0 Å². The number of alkyl halides is 6. The van der Waals surface area contributed by atoms with Gasteiger partial charge < -0.3 is 24.1 Å². The summed E-state index contributed by atoms with van der Waals surface area (Å²) in [5, 5.41) is 17.2. The zero-order chi connectivity index (χ0) is 31.4. The van der Waals surface area contributed by atoms with E-state index in [1.165, 1.54) is 42.8 Å². The highest BCUT2D eigenvalue weighted by Crippen LogP contribution is 2.27. The quantitative estimate of drug-likeness (QED) is 0.284. The number of ether oxygens (including phenoxy) is 1. The number of carboxylic acids is 1. The first-order chi connectivity index (χ1) is 20.2. The molecule has 0 unspecified atom stereocenters. The number of halogens is 6. The number of carbonyl (C=O) groups excluding carboxylic acids is 1. The van der Waals surface area contributed by atoms with Crippen molar-refractivity contribution >= 4 is 11.7 Å². The number of aryl methyl sites for hydroxylation is 1. The van der Waals surface area contributed by atoms with Crippen molar-refractivity contribution in [1.82, 2.24) is 24.9 Å². The Hall–Kier alpha value is -4.63. The first-order valence-electron chi connectivity index (χ1n) is 12.9. The molecule has 0 radical (unpaired) electrons. The molecule has 0 bridgehead atoms. The molecule has 230 valence electrons. The van der Waals surface area contributed by atoms with Gasteiger partial charge in [-0.15, -0.1) is 18.3 Å². The third kappa shape index (κ3) is 8.68. The standard InChI is InChI=1S/C25H25F3N6O2.C2HF3O2/c1-16-10-12-33(13-11-16)20-5-3-4-18(14-20)15-34-17(2)29-23(31-34)24-30-22(32-36-24)19-6-8-21(9-7-19)35-25(26,27)28;3-2(4,5)1(6)7/h3-9,14,16H,10-13,15H2,1-2H3;(H,6,7)/p-1. The molecule has 0 N–H and O–H groups in total. The minimum absolute atomic E-state index is 0.124. The van der Waals surface area contributed by atoms with Crippen molar-refractivity contribution in [2.75, 3.05) is 18.0 Å². The molecule has 0 aliphatic carbocycles. The largest absolute Gasteiger partial charge is 0.573 e. The Morgan fingerprint density at radius 1 is 1.02 bits per heavy atom. The Morgan fingerprint density at radius 2 is 1.67 bits per heavy atom. The molecule has 0 amide bonds. The fourth-order valence-corrected chi connectivity index (χ4v) is 4.19. The molecule has 0 saturated carbocycles. The molecular weight excluding hydrogens is 586 g/mol. The van der Waals surface area contributed by atoms with Crippen LogP contribution in [0.3, 0.4) is 0 Å². The number of hydrogen-bond donors (Lipinski definition) is 0. The highest BCUT2D eigenvalue weighted by Gasteiger charge is 2.31. The van der Waals surface area contributed by atoms with Crippen LogP contribution < -0.4 is 14.7 Å². The Morgan fingerprint density at radius 3 is 2.28 bits per heavy atom. The van der Waals surface area contributed by atoms with Crippen LogP contribution in [0.15, 0.2) is 53.1 Å². The summed E-state index contributed by atoms with van der Waals surface area (Å²) in [7, 11) is 0. The summed E-state index contributed by atoms with van der Waals surface area (Å²) in [6.45, 7) is 6.82. The lowest BCUT2D eigenvalue weighted by atomic mass is 9.98. The minimum atomic E-state index is -5.19. The van der Waals surface area contributed by atoms with Gasteiger partial charge in [-0.1, -0.05) is 24.2 Å². The molecule has 1 fully saturated rings. The summed E-state index contributed by atoms with van der Waals surface area (Å²) in [6, 6.07) is 13.7. The van der Waals surface area contributed by atoms with Crippen LogP contribution in [0.4, 0.5) is 32.0 Å². The highest BCUT2D eigenvalue weighted by atomic mass is 19.4. The molecule has 0 atom stereocenters. The van der Waals surface area contributed by atoms with Crippen LogP contribution in [0.2, 0.25) is 0 Å². The normalized spacial score (nSPS) is 14.3. The van der Waals surface area contributed by atoms with Crippen LogP contribution >= 0.6 is 0 Å². The number of benzene rings is 2. The molecule has 4 aromatic rings. The summed E-state index contributed by atoms with van der Waals surface area (Å²) in [5.41, 5.74) is 2.79. The number of anilines is 1. The van der Waals surface area contributed by atoms with E-state index in [0.717, 1.165) is 24.6 Å². The Bertz CT molecular complexity index is 1530. The predicted octanol–water partition coefficient (Wildman–Crippen LogP) is 4.79. The number of aromatic nitrogens is 5. The average molecular weight is 612 g/mol. The predicted molar refractivity (Wildman–Crippen MR) is 137 cm³/mol. The van der Waals surface area contributed by atoms with E-state index in [1.807, 2.05) is 6.92 Å². The molecule has 1 aliphatic rings. The number of aliphatic carboxylic acids is 1. The van der Waals surface area contributed by atoms with E-state index in [2.05, 4.69) is 61.0 Å². The van der Waals surface area contributed by atoms with Gasteiger partial charge in [0, 0.05) is 24.3 Å². The van der Waals surface area contributed by atoms with Crippen molar-refractivity contribution in [2.45, 2.75) is 45.8 Å². The molecule has 0 spiro atoms. The Kier molecular flexibility index (Phi) is 9.25. The van der Waals surface area contributed by atoms with Crippen molar-refractivity contribution < 1.29 is 45.5 Å². The molecule has 10 nitrogen and oxygen atoms in total. The summed E-state index contributed by atoms with van der Waals surface area (Å²) < 4.78 is 79.6. The highest BCUT2D eigenvalue weighted by molar-refractivity contribution is 5.70. The van der Waals surface area contributed by atoms with E-state index in [9.17, 15) is 26.3 Å². The van der Waals surface area contributed by atoms with Gasteiger partial charge in [-0.05, 0) is 67.6 Å². The van der Waals surface area contributed by atoms with Crippen LogP contribution in [0, 0.1) is 12.8 Å². The number of nitrogens with zero attached hydrogens (tertiary/aromatic N) is 6. The molecule has 1 saturated heterocycles. The molecule has 2 aromatic heterocycles. The van der Waals surface area contributed by atoms with Gasteiger partial charge in [-0.2, -0.15) is 18.2 Å². The number of hydrogen-bond acceptors (Lipinski definition) is 9. The van der Waals surface area contributed by atoms with Crippen molar-refractivity contribution in [3.05, 3.63) is 59.9 Å². The molecule has 43 heavy (non-hydrogen) atoms. The van der Waals surface area contributed by atoms with Crippen LogP contribution in [0.5, 0.6) is 5.75 Å². The zero-order valence-electron chi connectivity index (χ0n) is 22.8. The van der Waals surface area contributed by atoms with E-state index < -0.39 is 18.5 Å². The number of piperidine rings is 1. The van der Waals surface area contributed by atoms with Crippen molar-refractivity contribution in [3.8, 4) is 28.9 Å². The zero-order valence-corrected chi connectivity index (χ0v) is 22.8. The minimum Gasteiger partial charge on any atom is -0.542 e. The molecular formula is C27H25F6N6O4-. The van der Waals surface area contributed by atoms with Gasteiger partial charge in [0.25, 0.3) is 5.89 Å². The molecule has 1 aliphatic heterocycles. The van der Waals surface area contributed by atoms with Crippen LogP contribution in [-0.4, -0.2) is 56.5 Å². The number of rotatable bonds is 6. The first-order valence-corrected chi connectivity index (χ1v) is 12.9. The van der Waals surface area contributed by atoms with Gasteiger partial charge in [-0.3, -0.25) is 0 Å². The second kappa shape index (κ2) is 12.7. The summed E-state index contributed by atoms with van der Waals surface area (Å²) in [6.07, 6.45) is -7.54. The first kappa shape index (κ1) is 31.3. The lowest BCUT2D eigenvalue weighted by molar-refractivity contribution is -0.344. The Labute approximate surface area is 240 Å². The maximum Gasteiger partial charge on any atom is 0.573 e. The average Bonchev–Trinajstić information content (AvgIpc) is 3.56. The molecule has 2 aromatic carbocycles. The van der Waals surface area contributed by atoms with Crippen molar-refractivity contribution in [1.29, 1.82) is 0 Å². The van der Waals surface area contributed by atoms with Crippen molar-refractivity contribution in [3.63, 3.8) is 0 Å². The van der Waals surface area contributed by atoms with Gasteiger partial charge in [-0.25, -0.2) is 9.67 Å². The van der Waals surface area contributed by atoms with Crippen molar-refractivity contribution in [2.24, 2.45) is 5.92 Å². The van der Waals surface area contributed by atoms with E-state index in [1.54, 1.807) is 4.68 Å². The van der Waals surface area contributed by atoms with Gasteiger partial charge >= 0.3 is 12.5 Å². The maximum atomic E-state index is 12.4. The second-order valence-electron chi connectivity index (χ2n) is 9.76. The summed E-state index contributed by atoms with van der Waals surface area (Å²) in [5.74, 6) is -1.26. The third-order valence-corrected chi connectivity index (χ3v) is 6.44. The smallest absolute Gasteiger partial charge is 0.542 e. The fourth-order valence-electron chi connectivity index (χ4n) is 4.19. The number of carbonyl (C=O) groups is 1.